The first kappa shape index (κ1) is 20.4. The molecule has 0 aromatic heterocycles. The Kier molecular flexibility index (Phi) is 8.54. The van der Waals surface area contributed by atoms with E-state index in [1.54, 1.807) is 14.2 Å². The topological polar surface area (TPSA) is 58.1 Å². The zero-order valence-electron chi connectivity index (χ0n) is 16.7. The molecule has 0 amide bonds. The Morgan fingerprint density at radius 3 is 2.50 bits per heavy atom. The predicted molar refractivity (Wildman–Crippen MR) is 107 cm³/mol. The van der Waals surface area contributed by atoms with Crippen LogP contribution in [0.5, 0.6) is 11.5 Å². The predicted octanol–water partition coefficient (Wildman–Crippen LogP) is 2.49. The van der Waals surface area contributed by atoms with E-state index in [-0.39, 0.29) is 0 Å². The van der Waals surface area contributed by atoms with Gasteiger partial charge in [0, 0.05) is 20.1 Å². The highest BCUT2D eigenvalue weighted by atomic mass is 16.5. The Morgan fingerprint density at radius 2 is 1.88 bits per heavy atom. The summed E-state index contributed by atoms with van der Waals surface area (Å²) in [6.07, 6.45) is 3.83. The zero-order valence-corrected chi connectivity index (χ0v) is 16.7. The minimum Gasteiger partial charge on any atom is -0.493 e. The Bertz CT molecular complexity index is 569. The first-order valence-electron chi connectivity index (χ1n) is 9.57. The van der Waals surface area contributed by atoms with Gasteiger partial charge >= 0.3 is 0 Å². The van der Waals surface area contributed by atoms with Crippen molar-refractivity contribution in [2.45, 2.75) is 32.7 Å². The summed E-state index contributed by atoms with van der Waals surface area (Å²) in [5, 5.41) is 6.80. The maximum Gasteiger partial charge on any atom is 0.191 e. The molecule has 0 atom stereocenters. The number of hydrogen-bond acceptors (Lipinski definition) is 4. The lowest BCUT2D eigenvalue weighted by molar-refractivity contribution is 0.187. The van der Waals surface area contributed by atoms with Gasteiger partial charge in [0.05, 0.1) is 14.2 Å². The minimum absolute atomic E-state index is 0.689. The van der Waals surface area contributed by atoms with E-state index in [1.165, 1.54) is 38.9 Å². The number of rotatable bonds is 8. The summed E-state index contributed by atoms with van der Waals surface area (Å²) in [6, 6.07) is 5.94. The number of likely N-dealkylation sites (tertiary alicyclic amines) is 1. The lowest BCUT2D eigenvalue weighted by Gasteiger charge is -2.31. The summed E-state index contributed by atoms with van der Waals surface area (Å²) >= 11 is 0. The number of aliphatic imine (C=N–C) groups is 1. The van der Waals surface area contributed by atoms with Crippen molar-refractivity contribution in [3.63, 3.8) is 0 Å². The Morgan fingerprint density at radius 1 is 1.15 bits per heavy atom. The van der Waals surface area contributed by atoms with E-state index in [9.17, 15) is 0 Å². The van der Waals surface area contributed by atoms with Crippen molar-refractivity contribution in [2.24, 2.45) is 10.9 Å². The van der Waals surface area contributed by atoms with Crippen LogP contribution in [0.15, 0.2) is 23.2 Å². The van der Waals surface area contributed by atoms with E-state index in [0.29, 0.717) is 6.54 Å². The largest absolute Gasteiger partial charge is 0.493 e. The smallest absolute Gasteiger partial charge is 0.191 e. The minimum atomic E-state index is 0.689. The second-order valence-corrected chi connectivity index (χ2v) is 6.71. The molecule has 1 aromatic rings. The molecule has 1 aromatic carbocycles. The van der Waals surface area contributed by atoms with Gasteiger partial charge in [-0.3, -0.25) is 4.99 Å². The van der Waals surface area contributed by atoms with Crippen LogP contribution < -0.4 is 20.1 Å². The third-order valence-electron chi connectivity index (χ3n) is 5.13. The SMILES string of the molecule is CCN1CCC(CCNC(=NC)NCc2ccc(OC)c(OC)c2)CC1. The van der Waals surface area contributed by atoms with Crippen molar-refractivity contribution in [1.29, 1.82) is 0 Å². The molecular formula is C20H34N4O2. The van der Waals surface area contributed by atoms with E-state index < -0.39 is 0 Å². The molecular weight excluding hydrogens is 328 g/mol. The maximum absolute atomic E-state index is 5.36. The summed E-state index contributed by atoms with van der Waals surface area (Å²) in [6.45, 7) is 7.56. The number of nitrogens with one attached hydrogen (secondary N) is 2. The zero-order chi connectivity index (χ0) is 18.8. The van der Waals surface area contributed by atoms with Crippen LogP contribution in [0.4, 0.5) is 0 Å². The number of ether oxygens (including phenoxy) is 2. The van der Waals surface area contributed by atoms with Gasteiger partial charge in [0.1, 0.15) is 0 Å². The molecule has 0 spiro atoms. The van der Waals surface area contributed by atoms with Gasteiger partial charge in [0.15, 0.2) is 17.5 Å². The van der Waals surface area contributed by atoms with Crippen LogP contribution in [-0.4, -0.2) is 58.3 Å². The van der Waals surface area contributed by atoms with Gasteiger partial charge in [-0.2, -0.15) is 0 Å². The van der Waals surface area contributed by atoms with Crippen molar-refractivity contribution < 1.29 is 9.47 Å². The van der Waals surface area contributed by atoms with Gasteiger partial charge in [0.25, 0.3) is 0 Å². The molecule has 146 valence electrons. The molecule has 26 heavy (non-hydrogen) atoms. The number of guanidine groups is 1. The van der Waals surface area contributed by atoms with Crippen molar-refractivity contribution in [1.82, 2.24) is 15.5 Å². The lowest BCUT2D eigenvalue weighted by atomic mass is 9.93. The quantitative estimate of drug-likeness (QED) is 0.550. The molecule has 0 aliphatic carbocycles. The number of benzene rings is 1. The highest BCUT2D eigenvalue weighted by Gasteiger charge is 2.17. The maximum atomic E-state index is 5.36. The van der Waals surface area contributed by atoms with E-state index in [4.69, 9.17) is 9.47 Å². The monoisotopic (exact) mass is 362 g/mol. The summed E-state index contributed by atoms with van der Waals surface area (Å²) < 4.78 is 10.6. The Labute approximate surface area is 158 Å². The van der Waals surface area contributed by atoms with Crippen molar-refractivity contribution >= 4 is 5.96 Å². The first-order valence-corrected chi connectivity index (χ1v) is 9.57. The Balaban J connectivity index is 1.73. The third kappa shape index (κ3) is 6.09. The lowest BCUT2D eigenvalue weighted by Crippen LogP contribution is -2.39. The molecule has 1 saturated heterocycles. The molecule has 1 heterocycles. The first-order chi connectivity index (χ1) is 12.7. The van der Waals surface area contributed by atoms with E-state index in [2.05, 4.69) is 27.4 Å². The summed E-state index contributed by atoms with van der Waals surface area (Å²) in [5.74, 6) is 3.15. The van der Waals surface area contributed by atoms with Gasteiger partial charge in [0.2, 0.25) is 0 Å². The van der Waals surface area contributed by atoms with Crippen molar-refractivity contribution in [2.75, 3.05) is 47.4 Å². The molecule has 0 saturated carbocycles. The van der Waals surface area contributed by atoms with Crippen LogP contribution in [0.1, 0.15) is 31.7 Å². The molecule has 1 aliphatic heterocycles. The second kappa shape index (κ2) is 10.9. The molecule has 2 rings (SSSR count). The normalized spacial score (nSPS) is 16.4. The van der Waals surface area contributed by atoms with Gasteiger partial charge in [-0.1, -0.05) is 13.0 Å². The summed E-state index contributed by atoms with van der Waals surface area (Å²) in [4.78, 5) is 6.85. The third-order valence-corrected chi connectivity index (χ3v) is 5.13. The van der Waals surface area contributed by atoms with E-state index in [1.807, 2.05) is 25.2 Å². The van der Waals surface area contributed by atoms with E-state index in [0.717, 1.165) is 35.5 Å². The van der Waals surface area contributed by atoms with Crippen LogP contribution in [0.2, 0.25) is 0 Å². The highest BCUT2D eigenvalue weighted by Crippen LogP contribution is 2.27. The summed E-state index contributed by atoms with van der Waals surface area (Å²) in [5.41, 5.74) is 1.12. The van der Waals surface area contributed by atoms with Crippen LogP contribution in [-0.2, 0) is 6.54 Å². The molecule has 0 bridgehead atoms. The fourth-order valence-corrected chi connectivity index (χ4v) is 3.38. The molecule has 1 aliphatic rings. The number of hydrogen-bond donors (Lipinski definition) is 2. The van der Waals surface area contributed by atoms with Crippen LogP contribution >= 0.6 is 0 Å². The standard InChI is InChI=1S/C20H34N4O2/c1-5-24-12-9-16(10-13-24)8-11-22-20(21-2)23-15-17-6-7-18(25-3)19(14-17)26-4/h6-7,14,16H,5,8-13,15H2,1-4H3,(H2,21,22,23). The molecule has 6 heteroatoms. The molecule has 2 N–H and O–H groups in total. The highest BCUT2D eigenvalue weighted by molar-refractivity contribution is 5.79. The van der Waals surface area contributed by atoms with Crippen LogP contribution in [0.3, 0.4) is 0 Å². The van der Waals surface area contributed by atoms with Gasteiger partial charge in [-0.05, 0) is 62.5 Å². The van der Waals surface area contributed by atoms with Gasteiger partial charge < -0.3 is 25.0 Å². The Hall–Kier alpha value is -1.95. The molecule has 6 nitrogen and oxygen atoms in total. The average molecular weight is 363 g/mol. The van der Waals surface area contributed by atoms with Gasteiger partial charge in [-0.25, -0.2) is 0 Å². The van der Waals surface area contributed by atoms with Crippen molar-refractivity contribution in [3.05, 3.63) is 23.8 Å². The summed E-state index contributed by atoms with van der Waals surface area (Å²) in [7, 11) is 5.11. The van der Waals surface area contributed by atoms with Crippen LogP contribution in [0, 0.1) is 5.92 Å². The fraction of sp³-hybridized carbons (Fsp3) is 0.650. The average Bonchev–Trinajstić information content (AvgIpc) is 2.70. The molecule has 0 radical (unpaired) electrons. The molecule has 0 unspecified atom stereocenters. The number of piperidine rings is 1. The number of nitrogens with zero attached hydrogens (tertiary/aromatic N) is 2. The van der Waals surface area contributed by atoms with Crippen LogP contribution in [0.25, 0.3) is 0 Å². The molecule has 1 fully saturated rings. The fourth-order valence-electron chi connectivity index (χ4n) is 3.38. The second-order valence-electron chi connectivity index (χ2n) is 6.71. The van der Waals surface area contributed by atoms with Gasteiger partial charge in [-0.15, -0.1) is 0 Å². The van der Waals surface area contributed by atoms with E-state index >= 15 is 0 Å². The number of methoxy groups -OCH3 is 2. The van der Waals surface area contributed by atoms with Crippen molar-refractivity contribution in [3.8, 4) is 11.5 Å².